The number of rotatable bonds is 2. The second-order valence-electron chi connectivity index (χ2n) is 3.04. The van der Waals surface area contributed by atoms with Crippen LogP contribution in [-0.2, 0) is 4.74 Å². The van der Waals surface area contributed by atoms with Gasteiger partial charge in [0.25, 0.3) is 0 Å². The number of morpholine rings is 1. The molecule has 1 aliphatic rings. The quantitative estimate of drug-likeness (QED) is 0.596. The fraction of sp³-hybridized carbons (Fsp3) is 1.00. The average Bonchev–Trinajstić information content (AvgIpc) is 1.95. The Morgan fingerprint density at radius 3 is 2.91 bits per heavy atom. The van der Waals surface area contributed by atoms with Crippen molar-refractivity contribution < 1.29 is 4.74 Å². The minimum absolute atomic E-state index is 0.0382. The average molecular weight is 158 g/mol. The summed E-state index contributed by atoms with van der Waals surface area (Å²) in [6.07, 6.45) is -0.0382. The first-order chi connectivity index (χ1) is 5.24. The van der Waals surface area contributed by atoms with Gasteiger partial charge in [0.2, 0.25) is 0 Å². The fourth-order valence-electron chi connectivity index (χ4n) is 1.30. The minimum atomic E-state index is -0.0382. The van der Waals surface area contributed by atoms with Gasteiger partial charge in [0.05, 0.1) is 12.7 Å². The maximum Gasteiger partial charge on any atom is 0.109 e. The van der Waals surface area contributed by atoms with Crippen molar-refractivity contribution >= 4 is 0 Å². The smallest absolute Gasteiger partial charge is 0.109 e. The summed E-state index contributed by atoms with van der Waals surface area (Å²) in [5, 5.41) is 6.11. The van der Waals surface area contributed by atoms with Crippen molar-refractivity contribution in [3.63, 3.8) is 0 Å². The zero-order valence-electron chi connectivity index (χ0n) is 6.91. The molecule has 1 saturated heterocycles. The summed E-state index contributed by atoms with van der Waals surface area (Å²) in [6.45, 7) is 4.98. The number of hydrogen-bond acceptors (Lipinski definition) is 4. The lowest BCUT2D eigenvalue weighted by molar-refractivity contribution is -0.0131. The maximum absolute atomic E-state index is 9.94. The van der Waals surface area contributed by atoms with Gasteiger partial charge in [-0.05, 0) is 13.8 Å². The topological polar surface area (TPSA) is 50.7 Å². The Morgan fingerprint density at radius 2 is 2.36 bits per heavy atom. The molecular weight excluding hydrogens is 144 g/mol. The summed E-state index contributed by atoms with van der Waals surface area (Å²) in [4.78, 5) is 9.94. The molecule has 0 spiro atoms. The Hall–Kier alpha value is -0.480. The Labute approximate surface area is 66.3 Å². The van der Waals surface area contributed by atoms with E-state index in [1.165, 1.54) is 0 Å². The third-order valence-electron chi connectivity index (χ3n) is 1.92. The van der Waals surface area contributed by atoms with Crippen LogP contribution in [0.4, 0.5) is 0 Å². The van der Waals surface area contributed by atoms with Crippen LogP contribution in [-0.4, -0.2) is 31.3 Å². The molecule has 1 N–H and O–H groups in total. The summed E-state index contributed by atoms with van der Waals surface area (Å²) in [5.41, 5.74) is 0. The van der Waals surface area contributed by atoms with Gasteiger partial charge in [-0.15, -0.1) is 0 Å². The van der Waals surface area contributed by atoms with E-state index in [4.69, 9.17) is 4.74 Å². The molecule has 4 heteroatoms. The molecule has 1 rings (SSSR count). The van der Waals surface area contributed by atoms with Crippen molar-refractivity contribution in [2.75, 3.05) is 13.2 Å². The molecule has 64 valence electrons. The van der Waals surface area contributed by atoms with E-state index in [0.717, 1.165) is 0 Å². The summed E-state index contributed by atoms with van der Waals surface area (Å²) in [7, 11) is 0. The number of nitroso groups, excluding NO2 is 1. The minimum Gasteiger partial charge on any atom is -0.373 e. The standard InChI is InChI=1S/C7H14N2O2/c1-5-4-11-7(3-8-10)6(2)9-5/h5-7,9H,3-4H2,1-2H3/t5-,6+,7+/m0/s1. The molecule has 1 fully saturated rings. The molecule has 0 amide bonds. The maximum atomic E-state index is 9.94. The summed E-state index contributed by atoms with van der Waals surface area (Å²) in [6, 6.07) is 0.615. The molecule has 1 aliphatic heterocycles. The van der Waals surface area contributed by atoms with Gasteiger partial charge >= 0.3 is 0 Å². The van der Waals surface area contributed by atoms with E-state index in [0.29, 0.717) is 12.6 Å². The van der Waals surface area contributed by atoms with E-state index in [1.807, 2.05) is 6.92 Å². The first-order valence-corrected chi connectivity index (χ1v) is 3.91. The highest BCUT2D eigenvalue weighted by Crippen LogP contribution is 2.07. The second kappa shape index (κ2) is 3.78. The molecule has 1 heterocycles. The lowest BCUT2D eigenvalue weighted by Crippen LogP contribution is -2.52. The number of nitrogens with zero attached hydrogens (tertiary/aromatic N) is 1. The first kappa shape index (κ1) is 8.62. The third kappa shape index (κ3) is 2.24. The van der Waals surface area contributed by atoms with Crippen LogP contribution >= 0.6 is 0 Å². The first-order valence-electron chi connectivity index (χ1n) is 3.91. The molecule has 0 aromatic heterocycles. The van der Waals surface area contributed by atoms with Crippen LogP contribution in [0.15, 0.2) is 5.18 Å². The van der Waals surface area contributed by atoms with Crippen molar-refractivity contribution in [2.24, 2.45) is 5.18 Å². The van der Waals surface area contributed by atoms with Gasteiger partial charge in [0.1, 0.15) is 6.54 Å². The summed E-state index contributed by atoms with van der Waals surface area (Å²) < 4.78 is 5.39. The zero-order chi connectivity index (χ0) is 8.27. The number of nitrogens with one attached hydrogen (secondary N) is 1. The summed E-state index contributed by atoms with van der Waals surface area (Å²) >= 11 is 0. The Bertz CT molecular complexity index is 140. The lowest BCUT2D eigenvalue weighted by atomic mass is 10.1. The number of hydrogen-bond donors (Lipinski definition) is 1. The fourth-order valence-corrected chi connectivity index (χ4v) is 1.30. The molecule has 0 bridgehead atoms. The van der Waals surface area contributed by atoms with Gasteiger partial charge in [-0.3, -0.25) is 0 Å². The van der Waals surface area contributed by atoms with Crippen LogP contribution in [0, 0.1) is 4.91 Å². The Morgan fingerprint density at radius 1 is 1.64 bits per heavy atom. The van der Waals surface area contributed by atoms with Gasteiger partial charge in [-0.1, -0.05) is 5.18 Å². The van der Waals surface area contributed by atoms with Crippen LogP contribution in [0.25, 0.3) is 0 Å². The lowest BCUT2D eigenvalue weighted by Gasteiger charge is -2.32. The highest BCUT2D eigenvalue weighted by molar-refractivity contribution is 4.82. The van der Waals surface area contributed by atoms with E-state index in [1.54, 1.807) is 0 Å². The van der Waals surface area contributed by atoms with E-state index < -0.39 is 0 Å². The predicted molar refractivity (Wildman–Crippen MR) is 42.5 cm³/mol. The molecular formula is C7H14N2O2. The van der Waals surface area contributed by atoms with Crippen LogP contribution in [0.3, 0.4) is 0 Å². The van der Waals surface area contributed by atoms with Gasteiger partial charge in [-0.2, -0.15) is 4.91 Å². The van der Waals surface area contributed by atoms with Crippen molar-refractivity contribution in [3.8, 4) is 0 Å². The van der Waals surface area contributed by atoms with Crippen LogP contribution in [0.1, 0.15) is 13.8 Å². The molecule has 0 aromatic carbocycles. The highest BCUT2D eigenvalue weighted by atomic mass is 16.5. The molecule has 0 aromatic rings. The summed E-state index contributed by atoms with van der Waals surface area (Å²) in [5.74, 6) is 0. The van der Waals surface area contributed by atoms with Crippen molar-refractivity contribution in [2.45, 2.75) is 32.0 Å². The monoisotopic (exact) mass is 158 g/mol. The molecule has 4 nitrogen and oxygen atoms in total. The largest absolute Gasteiger partial charge is 0.373 e. The molecule has 0 saturated carbocycles. The zero-order valence-corrected chi connectivity index (χ0v) is 6.91. The SMILES string of the molecule is C[C@H]1CO[C@H](CN=O)[C@@H](C)N1. The van der Waals surface area contributed by atoms with Gasteiger partial charge < -0.3 is 10.1 Å². The van der Waals surface area contributed by atoms with Crippen molar-refractivity contribution in [1.82, 2.24) is 5.32 Å². The third-order valence-corrected chi connectivity index (χ3v) is 1.92. The van der Waals surface area contributed by atoms with E-state index in [2.05, 4.69) is 17.4 Å². The predicted octanol–water partition coefficient (Wildman–Crippen LogP) is 0.518. The molecule has 3 atom stereocenters. The molecule has 0 radical (unpaired) electrons. The van der Waals surface area contributed by atoms with Crippen LogP contribution in [0.5, 0.6) is 0 Å². The number of ether oxygens (including phenoxy) is 1. The van der Waals surface area contributed by atoms with Crippen LogP contribution in [0.2, 0.25) is 0 Å². The van der Waals surface area contributed by atoms with E-state index in [9.17, 15) is 4.91 Å². The Balaban J connectivity index is 2.37. The molecule has 0 unspecified atom stereocenters. The van der Waals surface area contributed by atoms with Crippen LogP contribution < -0.4 is 5.32 Å². The van der Waals surface area contributed by atoms with E-state index in [-0.39, 0.29) is 18.7 Å². The highest BCUT2D eigenvalue weighted by Gasteiger charge is 2.25. The van der Waals surface area contributed by atoms with Crippen molar-refractivity contribution in [1.29, 1.82) is 0 Å². The Kier molecular flexibility index (Phi) is 2.96. The molecule has 0 aliphatic carbocycles. The van der Waals surface area contributed by atoms with Gasteiger partial charge in [-0.25, -0.2) is 0 Å². The molecule has 11 heavy (non-hydrogen) atoms. The van der Waals surface area contributed by atoms with Gasteiger partial charge in [0, 0.05) is 12.1 Å². The van der Waals surface area contributed by atoms with Crippen molar-refractivity contribution in [3.05, 3.63) is 4.91 Å². The van der Waals surface area contributed by atoms with Gasteiger partial charge in [0.15, 0.2) is 0 Å². The second-order valence-corrected chi connectivity index (χ2v) is 3.04. The normalized spacial score (nSPS) is 38.5. The van der Waals surface area contributed by atoms with E-state index >= 15 is 0 Å².